The topological polar surface area (TPSA) is 108 Å². The van der Waals surface area contributed by atoms with Crippen LogP contribution in [0.2, 0.25) is 0 Å². The number of carbonyl (C=O) groups excluding carboxylic acids is 1. The Bertz CT molecular complexity index is 1360. The predicted octanol–water partition coefficient (Wildman–Crippen LogP) is 24.8. The van der Waals surface area contributed by atoms with Crippen molar-refractivity contribution in [2.75, 3.05) is 40.9 Å². The van der Waals surface area contributed by atoms with Crippen LogP contribution in [0.3, 0.4) is 0 Å². The molecule has 516 valence electrons. The Morgan fingerprint density at radius 2 is 0.570 bits per heavy atom. The molecule has 0 aromatic rings. The second kappa shape index (κ2) is 68.9. The van der Waals surface area contributed by atoms with Crippen molar-refractivity contribution >= 4 is 13.7 Å². The van der Waals surface area contributed by atoms with Gasteiger partial charge in [-0.2, -0.15) is 0 Å². The number of hydrogen-bond acceptors (Lipinski definition) is 6. The Morgan fingerprint density at radius 3 is 0.791 bits per heavy atom. The van der Waals surface area contributed by atoms with E-state index in [2.05, 4.69) is 19.2 Å². The number of amides is 1. The molecule has 0 aliphatic heterocycles. The Balaban J connectivity index is 3.87. The van der Waals surface area contributed by atoms with Crippen LogP contribution in [0.5, 0.6) is 0 Å². The molecule has 3 atom stereocenters. The Morgan fingerprint density at radius 1 is 0.360 bits per heavy atom. The van der Waals surface area contributed by atoms with E-state index in [1.165, 1.54) is 372 Å². The van der Waals surface area contributed by atoms with Crippen LogP contribution >= 0.6 is 7.82 Å². The third kappa shape index (κ3) is 70.9. The van der Waals surface area contributed by atoms with E-state index in [1.807, 2.05) is 21.1 Å². The van der Waals surface area contributed by atoms with Gasteiger partial charge in [-0.25, -0.2) is 0 Å². The highest BCUT2D eigenvalue weighted by Gasteiger charge is 2.24. The van der Waals surface area contributed by atoms with Crippen LogP contribution in [0.1, 0.15) is 438 Å². The van der Waals surface area contributed by atoms with E-state index in [0.29, 0.717) is 23.9 Å². The number of carbonyl (C=O) groups is 1. The van der Waals surface area contributed by atoms with Crippen LogP contribution in [-0.4, -0.2) is 68.5 Å². The molecule has 3 unspecified atom stereocenters. The number of quaternary nitrogens is 1. The van der Waals surface area contributed by atoms with Crippen LogP contribution in [0.4, 0.5) is 0 Å². The maximum absolute atomic E-state index is 13.1. The first-order valence-corrected chi connectivity index (χ1v) is 40.8. The van der Waals surface area contributed by atoms with Gasteiger partial charge in [-0.05, 0) is 12.8 Å². The molecule has 0 rings (SSSR count). The van der Waals surface area contributed by atoms with Gasteiger partial charge in [-0.3, -0.25) is 9.36 Å². The molecule has 0 radical (unpaired) electrons. The molecule has 2 N–H and O–H groups in total. The van der Waals surface area contributed by atoms with Gasteiger partial charge in [0.1, 0.15) is 13.2 Å². The Hall–Kier alpha value is -0.500. The summed E-state index contributed by atoms with van der Waals surface area (Å²) in [6, 6.07) is -0.797. The first-order chi connectivity index (χ1) is 42.0. The van der Waals surface area contributed by atoms with E-state index >= 15 is 0 Å². The smallest absolute Gasteiger partial charge is 0.268 e. The first kappa shape index (κ1) is 85.5. The molecule has 8 nitrogen and oxygen atoms in total. The van der Waals surface area contributed by atoms with Crippen LogP contribution in [0.15, 0.2) is 0 Å². The molecule has 9 heteroatoms. The number of nitrogens with one attached hydrogen (secondary N) is 1. The molecule has 1 amide bonds. The summed E-state index contributed by atoms with van der Waals surface area (Å²) in [7, 11) is 1.33. The highest BCUT2D eigenvalue weighted by Crippen LogP contribution is 2.38. The SMILES string of the molecule is CCCCCCCCCCCCCCCCCCCCCCCCCCCCCCCCCCCCCCCCC(=O)NC(COP(=O)([O-])OCC[N+](C)(C)C)C(O)CCCCCCCCCCCCCCCCCCCCCCCCCCCC. The molecule has 0 fully saturated rings. The third-order valence-corrected chi connectivity index (χ3v) is 19.8. The van der Waals surface area contributed by atoms with Gasteiger partial charge >= 0.3 is 0 Å². The number of likely N-dealkylation sites (N-methyl/N-ethyl adjacent to an activating group) is 1. The normalized spacial score (nSPS) is 13.4. The molecule has 0 aromatic heterocycles. The molecule has 0 saturated carbocycles. The molecule has 86 heavy (non-hydrogen) atoms. The van der Waals surface area contributed by atoms with Gasteiger partial charge in [0.05, 0.1) is 39.9 Å². The quantitative estimate of drug-likeness (QED) is 0.0357. The molecule has 0 saturated heterocycles. The molecular formula is C77H157N2O6P. The Kier molecular flexibility index (Phi) is 68.5. The zero-order chi connectivity index (χ0) is 62.6. The van der Waals surface area contributed by atoms with E-state index in [9.17, 15) is 19.4 Å². The fourth-order valence-corrected chi connectivity index (χ4v) is 13.5. The Labute approximate surface area is 540 Å². The number of unbranched alkanes of at least 4 members (excludes halogenated alkanes) is 62. The van der Waals surface area contributed by atoms with Gasteiger partial charge in [0.25, 0.3) is 7.82 Å². The van der Waals surface area contributed by atoms with Crippen molar-refractivity contribution in [3.63, 3.8) is 0 Å². The summed E-state index contributed by atoms with van der Waals surface area (Å²) in [5.41, 5.74) is 0. The van der Waals surface area contributed by atoms with Crippen molar-refractivity contribution < 1.29 is 32.9 Å². The van der Waals surface area contributed by atoms with E-state index in [-0.39, 0.29) is 19.1 Å². The maximum atomic E-state index is 13.1. The number of hydrogen-bond donors (Lipinski definition) is 2. The molecule has 0 aromatic carbocycles. The highest BCUT2D eigenvalue weighted by atomic mass is 31.2. The van der Waals surface area contributed by atoms with E-state index in [4.69, 9.17) is 9.05 Å². The lowest BCUT2D eigenvalue weighted by Gasteiger charge is -2.30. The van der Waals surface area contributed by atoms with Crippen LogP contribution in [0.25, 0.3) is 0 Å². The van der Waals surface area contributed by atoms with Crippen molar-refractivity contribution in [3.8, 4) is 0 Å². The summed E-state index contributed by atoms with van der Waals surface area (Å²) in [6.45, 7) is 4.81. The fraction of sp³-hybridized carbons (Fsp3) is 0.987. The number of aliphatic hydroxyl groups is 1. The van der Waals surface area contributed by atoms with Crippen LogP contribution in [0, 0.1) is 0 Å². The summed E-state index contributed by atoms with van der Waals surface area (Å²) >= 11 is 0. The minimum absolute atomic E-state index is 0.0171. The molecule has 0 spiro atoms. The second-order valence-corrected chi connectivity index (χ2v) is 30.2. The first-order valence-electron chi connectivity index (χ1n) is 39.4. The van der Waals surface area contributed by atoms with E-state index in [0.717, 1.165) is 38.5 Å². The molecular weight excluding hydrogens is 1080 g/mol. The van der Waals surface area contributed by atoms with Crippen LogP contribution < -0.4 is 10.2 Å². The summed E-state index contributed by atoms with van der Waals surface area (Å²) in [6.07, 6.45) is 88.0. The van der Waals surface area contributed by atoms with Gasteiger partial charge in [0, 0.05) is 6.42 Å². The minimum Gasteiger partial charge on any atom is -0.756 e. The monoisotopic (exact) mass is 1240 g/mol. The number of rotatable bonds is 75. The standard InChI is InChI=1S/C77H157N2O6P/c1-6-8-10-12-14-16-18-20-22-24-26-28-30-32-34-35-36-37-38-39-40-41-42-43-44-45-47-49-51-53-55-57-59-61-63-65-67-69-71-77(81)78-75(74-85-86(82,83)84-73-72-79(3,4)5)76(80)70-68-66-64-62-60-58-56-54-52-50-48-46-33-31-29-27-25-23-21-19-17-15-13-11-9-7-2/h75-76,80H,6-74H2,1-5H3,(H-,78,81,82,83). The lowest BCUT2D eigenvalue weighted by molar-refractivity contribution is -0.870. The van der Waals surface area contributed by atoms with E-state index < -0.39 is 20.0 Å². The van der Waals surface area contributed by atoms with Gasteiger partial charge in [0.15, 0.2) is 0 Å². The van der Waals surface area contributed by atoms with E-state index in [1.54, 1.807) is 0 Å². The van der Waals surface area contributed by atoms with Gasteiger partial charge in [-0.15, -0.1) is 0 Å². The lowest BCUT2D eigenvalue weighted by atomic mass is 10.0. The summed E-state index contributed by atoms with van der Waals surface area (Å²) in [5, 5.41) is 14.1. The number of aliphatic hydroxyl groups excluding tert-OH is 1. The van der Waals surface area contributed by atoms with Crippen molar-refractivity contribution in [3.05, 3.63) is 0 Å². The lowest BCUT2D eigenvalue weighted by Crippen LogP contribution is -2.46. The predicted molar refractivity (Wildman–Crippen MR) is 376 cm³/mol. The summed E-state index contributed by atoms with van der Waals surface area (Å²) in [4.78, 5) is 25.7. The van der Waals surface area contributed by atoms with Crippen LogP contribution in [-0.2, 0) is 18.4 Å². The number of nitrogens with zero attached hydrogens (tertiary/aromatic N) is 1. The number of phosphoric ester groups is 1. The third-order valence-electron chi connectivity index (χ3n) is 18.8. The van der Waals surface area contributed by atoms with Crippen molar-refractivity contribution in [1.82, 2.24) is 5.32 Å². The molecule has 0 aliphatic carbocycles. The second-order valence-electron chi connectivity index (χ2n) is 28.8. The summed E-state index contributed by atoms with van der Waals surface area (Å²) in [5.74, 6) is -0.152. The molecule has 0 bridgehead atoms. The highest BCUT2D eigenvalue weighted by molar-refractivity contribution is 7.45. The van der Waals surface area contributed by atoms with Crippen molar-refractivity contribution in [2.45, 2.75) is 450 Å². The summed E-state index contributed by atoms with van der Waals surface area (Å²) < 4.78 is 23.6. The van der Waals surface area contributed by atoms with Gasteiger partial charge in [0.2, 0.25) is 5.91 Å². The molecule has 0 aliphatic rings. The maximum Gasteiger partial charge on any atom is 0.268 e. The average molecular weight is 1240 g/mol. The van der Waals surface area contributed by atoms with Crippen molar-refractivity contribution in [2.24, 2.45) is 0 Å². The van der Waals surface area contributed by atoms with Crippen molar-refractivity contribution in [1.29, 1.82) is 0 Å². The minimum atomic E-state index is -4.58. The number of phosphoric acid groups is 1. The molecule has 0 heterocycles. The average Bonchev–Trinajstić information content (AvgIpc) is 3.70. The largest absolute Gasteiger partial charge is 0.756 e. The van der Waals surface area contributed by atoms with Gasteiger partial charge < -0.3 is 28.8 Å². The fourth-order valence-electron chi connectivity index (χ4n) is 12.8. The van der Waals surface area contributed by atoms with Gasteiger partial charge in [-0.1, -0.05) is 418 Å². The zero-order valence-corrected chi connectivity index (χ0v) is 60.2. The zero-order valence-electron chi connectivity index (χ0n) is 59.3.